The highest BCUT2D eigenvalue weighted by molar-refractivity contribution is 7.99. The van der Waals surface area contributed by atoms with E-state index in [9.17, 15) is 0 Å². The Morgan fingerprint density at radius 1 is 1.19 bits per heavy atom. The third-order valence-corrected chi connectivity index (χ3v) is 5.93. The lowest BCUT2D eigenvalue weighted by atomic mass is 10.0. The zero-order valence-electron chi connectivity index (χ0n) is 15.3. The second kappa shape index (κ2) is 8.63. The molecular weight excluding hydrogens is 362 g/mol. The van der Waals surface area contributed by atoms with Gasteiger partial charge in [0.25, 0.3) is 0 Å². The van der Waals surface area contributed by atoms with Crippen LogP contribution in [0.3, 0.4) is 0 Å². The Labute approximate surface area is 162 Å². The van der Waals surface area contributed by atoms with Gasteiger partial charge in [0.2, 0.25) is 0 Å². The molecular formula is C20H23N3O3S. The topological polar surface area (TPSA) is 62.3 Å². The fraction of sp³-hybridized carbons (Fsp3) is 0.400. The highest BCUT2D eigenvalue weighted by Gasteiger charge is 2.19. The van der Waals surface area contributed by atoms with Gasteiger partial charge in [-0.1, -0.05) is 23.9 Å². The molecule has 1 aliphatic heterocycles. The molecule has 0 atom stereocenters. The van der Waals surface area contributed by atoms with E-state index in [1.807, 2.05) is 36.4 Å². The fourth-order valence-electron chi connectivity index (χ4n) is 3.18. The molecule has 0 aliphatic carbocycles. The third-order valence-electron chi connectivity index (χ3n) is 4.73. The summed E-state index contributed by atoms with van der Waals surface area (Å²) in [6, 6.07) is 11.8. The predicted molar refractivity (Wildman–Crippen MR) is 104 cm³/mol. The van der Waals surface area contributed by atoms with Crippen molar-refractivity contribution in [1.29, 1.82) is 0 Å². The van der Waals surface area contributed by atoms with Gasteiger partial charge in [-0.05, 0) is 43.0 Å². The molecule has 3 aromatic rings. The maximum absolute atomic E-state index is 5.57. The first-order valence-corrected chi connectivity index (χ1v) is 10.1. The van der Waals surface area contributed by atoms with Crippen LogP contribution in [0.15, 0.2) is 52.2 Å². The van der Waals surface area contributed by atoms with Gasteiger partial charge in [0.1, 0.15) is 11.5 Å². The summed E-state index contributed by atoms with van der Waals surface area (Å²) in [7, 11) is 1.67. The van der Waals surface area contributed by atoms with Crippen LogP contribution in [0.4, 0.5) is 0 Å². The smallest absolute Gasteiger partial charge is 0.191 e. The summed E-state index contributed by atoms with van der Waals surface area (Å²) in [5.74, 6) is 4.19. The second-order valence-corrected chi connectivity index (χ2v) is 7.56. The Morgan fingerprint density at radius 3 is 2.85 bits per heavy atom. The monoisotopic (exact) mass is 385 g/mol. The maximum Gasteiger partial charge on any atom is 0.191 e. The van der Waals surface area contributed by atoms with Gasteiger partial charge >= 0.3 is 0 Å². The SMILES string of the molecule is COc1cccc(-c2nnc(SCC3CCOCC3)n2Cc2ccco2)c1. The number of benzene rings is 1. The van der Waals surface area contributed by atoms with Gasteiger partial charge in [-0.3, -0.25) is 4.57 Å². The first-order valence-electron chi connectivity index (χ1n) is 9.14. The van der Waals surface area contributed by atoms with Gasteiger partial charge in [-0.15, -0.1) is 10.2 Å². The molecule has 0 amide bonds. The molecule has 3 heterocycles. The van der Waals surface area contributed by atoms with Crippen molar-refractivity contribution in [2.45, 2.75) is 24.5 Å². The van der Waals surface area contributed by atoms with Crippen molar-refractivity contribution < 1.29 is 13.9 Å². The zero-order chi connectivity index (χ0) is 18.5. The molecule has 0 saturated carbocycles. The zero-order valence-corrected chi connectivity index (χ0v) is 16.2. The lowest BCUT2D eigenvalue weighted by Crippen LogP contribution is -2.17. The van der Waals surface area contributed by atoms with E-state index in [1.165, 1.54) is 0 Å². The Hall–Kier alpha value is -2.25. The number of thioether (sulfide) groups is 1. The van der Waals surface area contributed by atoms with E-state index < -0.39 is 0 Å². The van der Waals surface area contributed by atoms with Crippen LogP contribution in [0.2, 0.25) is 0 Å². The number of methoxy groups -OCH3 is 1. The number of furan rings is 1. The van der Waals surface area contributed by atoms with E-state index in [-0.39, 0.29) is 0 Å². The molecule has 0 N–H and O–H groups in total. The molecule has 1 fully saturated rings. The van der Waals surface area contributed by atoms with Crippen molar-refractivity contribution in [2.75, 3.05) is 26.1 Å². The number of rotatable bonds is 7. The fourth-order valence-corrected chi connectivity index (χ4v) is 4.30. The molecule has 6 nitrogen and oxygen atoms in total. The summed E-state index contributed by atoms with van der Waals surface area (Å²) in [6.07, 6.45) is 3.92. The first kappa shape index (κ1) is 18.1. The summed E-state index contributed by atoms with van der Waals surface area (Å²) in [5, 5.41) is 9.86. The predicted octanol–water partition coefficient (Wildman–Crippen LogP) is 4.11. The van der Waals surface area contributed by atoms with E-state index in [4.69, 9.17) is 13.9 Å². The van der Waals surface area contributed by atoms with Crippen molar-refractivity contribution in [3.8, 4) is 17.1 Å². The average Bonchev–Trinajstić information content (AvgIpc) is 3.38. The molecule has 4 rings (SSSR count). The molecule has 0 unspecified atom stereocenters. The van der Waals surface area contributed by atoms with Gasteiger partial charge in [-0.25, -0.2) is 0 Å². The minimum absolute atomic E-state index is 0.600. The summed E-state index contributed by atoms with van der Waals surface area (Å²) in [5.41, 5.74) is 0.978. The number of aromatic nitrogens is 3. The van der Waals surface area contributed by atoms with Gasteiger partial charge < -0.3 is 13.9 Å². The van der Waals surface area contributed by atoms with E-state index in [2.05, 4.69) is 14.8 Å². The standard InChI is InChI=1S/C20H23N3O3S/c1-24-17-5-2-4-16(12-17)19-21-22-20(23(19)13-18-6-3-9-26-18)27-14-15-7-10-25-11-8-15/h2-6,9,12,15H,7-8,10-11,13-14H2,1H3. The van der Waals surface area contributed by atoms with E-state index in [0.29, 0.717) is 12.5 Å². The minimum Gasteiger partial charge on any atom is -0.497 e. The van der Waals surface area contributed by atoms with Crippen LogP contribution >= 0.6 is 11.8 Å². The van der Waals surface area contributed by atoms with Crippen molar-refractivity contribution in [1.82, 2.24) is 14.8 Å². The van der Waals surface area contributed by atoms with Crippen LogP contribution in [0, 0.1) is 5.92 Å². The van der Waals surface area contributed by atoms with E-state index in [1.54, 1.807) is 25.1 Å². The van der Waals surface area contributed by atoms with Gasteiger partial charge in [-0.2, -0.15) is 0 Å². The highest BCUT2D eigenvalue weighted by Crippen LogP contribution is 2.30. The molecule has 2 aromatic heterocycles. The molecule has 0 spiro atoms. The van der Waals surface area contributed by atoms with Gasteiger partial charge in [0, 0.05) is 24.5 Å². The minimum atomic E-state index is 0.600. The molecule has 1 saturated heterocycles. The molecule has 0 bridgehead atoms. The van der Waals surface area contributed by atoms with E-state index >= 15 is 0 Å². The molecule has 0 radical (unpaired) electrons. The molecule has 1 aliphatic rings. The quantitative estimate of drug-likeness (QED) is 0.570. The van der Waals surface area contributed by atoms with Gasteiger partial charge in [0.05, 0.1) is 19.9 Å². The number of nitrogens with zero attached hydrogens (tertiary/aromatic N) is 3. The lowest BCUT2D eigenvalue weighted by Gasteiger charge is -2.21. The molecule has 142 valence electrons. The normalized spacial score (nSPS) is 15.1. The summed E-state index contributed by atoms with van der Waals surface area (Å²) >= 11 is 1.76. The van der Waals surface area contributed by atoms with Gasteiger partial charge in [0.15, 0.2) is 11.0 Å². The largest absolute Gasteiger partial charge is 0.497 e. The van der Waals surface area contributed by atoms with Crippen molar-refractivity contribution in [3.05, 3.63) is 48.4 Å². The van der Waals surface area contributed by atoms with Crippen molar-refractivity contribution >= 4 is 11.8 Å². The van der Waals surface area contributed by atoms with Crippen LogP contribution in [-0.2, 0) is 11.3 Å². The van der Waals surface area contributed by atoms with Crippen LogP contribution in [0.5, 0.6) is 5.75 Å². The summed E-state index contributed by atoms with van der Waals surface area (Å²) < 4.78 is 18.5. The number of hydrogen-bond donors (Lipinski definition) is 0. The number of ether oxygens (including phenoxy) is 2. The Morgan fingerprint density at radius 2 is 2.07 bits per heavy atom. The molecule has 27 heavy (non-hydrogen) atoms. The lowest BCUT2D eigenvalue weighted by molar-refractivity contribution is 0.0727. The third kappa shape index (κ3) is 4.36. The van der Waals surface area contributed by atoms with Crippen LogP contribution in [0.25, 0.3) is 11.4 Å². The molecule has 7 heteroatoms. The highest BCUT2D eigenvalue weighted by atomic mass is 32.2. The Kier molecular flexibility index (Phi) is 5.79. The first-order chi connectivity index (χ1) is 13.3. The van der Waals surface area contributed by atoms with Crippen LogP contribution in [0.1, 0.15) is 18.6 Å². The van der Waals surface area contributed by atoms with Crippen molar-refractivity contribution in [3.63, 3.8) is 0 Å². The summed E-state index contributed by atoms with van der Waals surface area (Å²) in [6.45, 7) is 2.32. The van der Waals surface area contributed by atoms with E-state index in [0.717, 1.165) is 59.9 Å². The maximum atomic E-state index is 5.57. The second-order valence-electron chi connectivity index (χ2n) is 6.57. The Bertz CT molecular complexity index is 857. The van der Waals surface area contributed by atoms with Crippen LogP contribution < -0.4 is 4.74 Å². The Balaban J connectivity index is 1.60. The summed E-state index contributed by atoms with van der Waals surface area (Å²) in [4.78, 5) is 0. The van der Waals surface area contributed by atoms with Crippen molar-refractivity contribution in [2.24, 2.45) is 5.92 Å². The average molecular weight is 385 g/mol. The number of hydrogen-bond acceptors (Lipinski definition) is 6. The molecule has 1 aromatic carbocycles. The van der Waals surface area contributed by atoms with Crippen LogP contribution in [-0.4, -0.2) is 40.8 Å².